The van der Waals surface area contributed by atoms with Crippen LogP contribution in [0.15, 0.2) is 33.7 Å². The molecular weight excluding hydrogens is 352 g/mol. The molecule has 3 N–H and O–H groups in total. The van der Waals surface area contributed by atoms with Crippen molar-refractivity contribution in [2.45, 2.75) is 67.8 Å². The first kappa shape index (κ1) is 17.6. The fourth-order valence-electron chi connectivity index (χ4n) is 3.36. The summed E-state index contributed by atoms with van der Waals surface area (Å²) in [5.74, 6) is 1.18. The van der Waals surface area contributed by atoms with Crippen LogP contribution in [0.5, 0.6) is 0 Å². The predicted molar refractivity (Wildman–Crippen MR) is 95.8 cm³/mol. The van der Waals surface area contributed by atoms with Crippen LogP contribution in [0.2, 0.25) is 0 Å². The average molecular weight is 376 g/mol. The normalized spacial score (nSPS) is 19.7. The molecule has 7 nitrogen and oxygen atoms in total. The summed E-state index contributed by atoms with van der Waals surface area (Å²) in [4.78, 5) is 4.77. The molecule has 0 unspecified atom stereocenters. The average Bonchev–Trinajstić information content (AvgIpc) is 3.11. The lowest BCUT2D eigenvalue weighted by molar-refractivity contribution is 0.348. The van der Waals surface area contributed by atoms with Crippen LogP contribution in [0, 0.1) is 0 Å². The van der Waals surface area contributed by atoms with Crippen molar-refractivity contribution >= 4 is 10.0 Å². The van der Waals surface area contributed by atoms with Crippen LogP contribution in [0.25, 0.3) is 0 Å². The molecular formula is C18H24N4O3S. The first-order valence-corrected chi connectivity index (χ1v) is 10.7. The van der Waals surface area contributed by atoms with Crippen molar-refractivity contribution < 1.29 is 12.9 Å². The summed E-state index contributed by atoms with van der Waals surface area (Å²) in [6.45, 7) is 0. The highest BCUT2D eigenvalue weighted by atomic mass is 32.2. The molecule has 2 fully saturated rings. The molecule has 1 aromatic carbocycles. The first-order valence-electron chi connectivity index (χ1n) is 9.18. The van der Waals surface area contributed by atoms with Crippen molar-refractivity contribution in [3.05, 3.63) is 41.5 Å². The van der Waals surface area contributed by atoms with Crippen LogP contribution >= 0.6 is 0 Å². The molecule has 0 radical (unpaired) electrons. The Morgan fingerprint density at radius 2 is 1.85 bits per heavy atom. The van der Waals surface area contributed by atoms with E-state index < -0.39 is 15.6 Å². The molecule has 2 aliphatic carbocycles. The van der Waals surface area contributed by atoms with Crippen LogP contribution in [0.4, 0.5) is 0 Å². The molecule has 0 bridgehead atoms. The first-order chi connectivity index (χ1) is 12.4. The zero-order valence-corrected chi connectivity index (χ0v) is 15.5. The highest BCUT2D eigenvalue weighted by molar-refractivity contribution is 7.89. The number of hydrogen-bond acceptors (Lipinski definition) is 6. The molecule has 26 heavy (non-hydrogen) atoms. The number of sulfonamides is 1. The maximum atomic E-state index is 12.2. The molecule has 0 aliphatic heterocycles. The number of benzene rings is 1. The Morgan fingerprint density at radius 1 is 1.15 bits per heavy atom. The molecule has 4 rings (SSSR count). The van der Waals surface area contributed by atoms with Crippen LogP contribution in [0.1, 0.15) is 55.8 Å². The van der Waals surface area contributed by atoms with Gasteiger partial charge in [0.2, 0.25) is 15.9 Å². The van der Waals surface area contributed by atoms with Crippen LogP contribution in [-0.2, 0) is 28.4 Å². The number of aryl methyl sites for hydroxylation is 2. The van der Waals surface area contributed by atoms with E-state index in [0.29, 0.717) is 29.5 Å². The van der Waals surface area contributed by atoms with Gasteiger partial charge in [0.1, 0.15) is 0 Å². The zero-order chi connectivity index (χ0) is 18.2. The lowest BCUT2D eigenvalue weighted by Crippen LogP contribution is -2.34. The third-order valence-corrected chi connectivity index (χ3v) is 6.71. The molecule has 2 aromatic rings. The number of aromatic nitrogens is 2. The molecule has 0 atom stereocenters. The highest BCUT2D eigenvalue weighted by Crippen LogP contribution is 2.34. The zero-order valence-electron chi connectivity index (χ0n) is 14.6. The summed E-state index contributed by atoms with van der Waals surface area (Å²) in [5.41, 5.74) is 6.94. The number of rotatable bonds is 7. The van der Waals surface area contributed by atoms with E-state index in [1.54, 1.807) is 12.1 Å². The standard InChI is InChI=1S/C18H24N4O3S/c19-18(11-1-2-12-18)17-20-16(25-21-17)10-5-13-3-8-15(9-4-13)26(23,24)22-14-6-7-14/h3-4,8-9,14,22H,1-2,5-7,10-12,19H2. The van der Waals surface area contributed by atoms with Crippen molar-refractivity contribution in [1.82, 2.24) is 14.9 Å². The summed E-state index contributed by atoms with van der Waals surface area (Å²) in [6.07, 6.45) is 7.16. The van der Waals surface area contributed by atoms with Gasteiger partial charge in [0.15, 0.2) is 5.82 Å². The van der Waals surface area contributed by atoms with Gasteiger partial charge < -0.3 is 10.3 Å². The van der Waals surface area contributed by atoms with Gasteiger partial charge in [-0.1, -0.05) is 30.1 Å². The van der Waals surface area contributed by atoms with Gasteiger partial charge in [0, 0.05) is 12.5 Å². The van der Waals surface area contributed by atoms with Crippen LogP contribution in [-0.4, -0.2) is 24.6 Å². The van der Waals surface area contributed by atoms with E-state index in [1.807, 2.05) is 12.1 Å². The lowest BCUT2D eigenvalue weighted by atomic mass is 9.99. The van der Waals surface area contributed by atoms with E-state index in [4.69, 9.17) is 10.3 Å². The summed E-state index contributed by atoms with van der Waals surface area (Å²) < 4.78 is 32.4. The third kappa shape index (κ3) is 3.82. The van der Waals surface area contributed by atoms with Gasteiger partial charge in [-0.2, -0.15) is 4.98 Å². The van der Waals surface area contributed by atoms with E-state index in [1.165, 1.54) is 0 Å². The molecule has 0 amide bonds. The van der Waals surface area contributed by atoms with Crippen molar-refractivity contribution in [3.8, 4) is 0 Å². The SMILES string of the molecule is NC1(c2noc(CCc3ccc(S(=O)(=O)NC4CC4)cc3)n2)CCCC1. The highest BCUT2D eigenvalue weighted by Gasteiger charge is 2.35. The number of nitrogens with one attached hydrogen (secondary N) is 1. The van der Waals surface area contributed by atoms with Crippen molar-refractivity contribution in [2.75, 3.05) is 0 Å². The minimum Gasteiger partial charge on any atom is -0.339 e. The minimum atomic E-state index is -3.40. The maximum absolute atomic E-state index is 12.2. The smallest absolute Gasteiger partial charge is 0.240 e. The number of hydrogen-bond donors (Lipinski definition) is 2. The van der Waals surface area contributed by atoms with Gasteiger partial charge >= 0.3 is 0 Å². The third-order valence-electron chi connectivity index (χ3n) is 5.17. The van der Waals surface area contributed by atoms with Crippen molar-refractivity contribution in [2.24, 2.45) is 5.73 Å². The monoisotopic (exact) mass is 376 g/mol. The number of nitrogens with zero attached hydrogens (tertiary/aromatic N) is 2. The quantitative estimate of drug-likeness (QED) is 0.765. The summed E-state index contributed by atoms with van der Waals surface area (Å²) in [5, 5.41) is 4.06. The Morgan fingerprint density at radius 3 is 2.50 bits per heavy atom. The molecule has 1 aromatic heterocycles. The van der Waals surface area contributed by atoms with E-state index in [2.05, 4.69) is 14.9 Å². The van der Waals surface area contributed by atoms with Crippen LogP contribution < -0.4 is 10.5 Å². The van der Waals surface area contributed by atoms with Crippen molar-refractivity contribution in [1.29, 1.82) is 0 Å². The minimum absolute atomic E-state index is 0.108. The maximum Gasteiger partial charge on any atom is 0.240 e. The summed E-state index contributed by atoms with van der Waals surface area (Å²) in [7, 11) is -3.40. The van der Waals surface area contributed by atoms with Gasteiger partial charge in [0.25, 0.3) is 0 Å². The predicted octanol–water partition coefficient (Wildman–Crippen LogP) is 2.02. The second kappa shape index (κ2) is 6.75. The fraction of sp³-hybridized carbons (Fsp3) is 0.556. The Hall–Kier alpha value is -1.77. The van der Waals surface area contributed by atoms with E-state index in [-0.39, 0.29) is 6.04 Å². The largest absolute Gasteiger partial charge is 0.339 e. The second-order valence-electron chi connectivity index (χ2n) is 7.41. The van der Waals surface area contributed by atoms with Gasteiger partial charge in [-0.25, -0.2) is 13.1 Å². The Balaban J connectivity index is 1.37. The summed E-state index contributed by atoms with van der Waals surface area (Å²) in [6, 6.07) is 7.07. The van der Waals surface area contributed by atoms with Gasteiger partial charge in [0.05, 0.1) is 10.4 Å². The van der Waals surface area contributed by atoms with Gasteiger partial charge in [-0.05, 0) is 49.8 Å². The lowest BCUT2D eigenvalue weighted by Gasteiger charge is -2.17. The van der Waals surface area contributed by atoms with Crippen LogP contribution in [0.3, 0.4) is 0 Å². The molecule has 2 saturated carbocycles. The van der Waals surface area contributed by atoms with E-state index >= 15 is 0 Å². The molecule has 1 heterocycles. The van der Waals surface area contributed by atoms with Crippen molar-refractivity contribution in [3.63, 3.8) is 0 Å². The Bertz CT molecular complexity index is 866. The fourth-order valence-corrected chi connectivity index (χ4v) is 4.67. The second-order valence-corrected chi connectivity index (χ2v) is 9.13. The van der Waals surface area contributed by atoms with Gasteiger partial charge in [-0.3, -0.25) is 0 Å². The molecule has 0 spiro atoms. The molecule has 140 valence electrons. The Labute approximate surface area is 153 Å². The van der Waals surface area contributed by atoms with E-state index in [9.17, 15) is 8.42 Å². The summed E-state index contributed by atoms with van der Waals surface area (Å²) >= 11 is 0. The number of nitrogens with two attached hydrogens (primary N) is 1. The van der Waals surface area contributed by atoms with Gasteiger partial charge in [-0.15, -0.1) is 0 Å². The topological polar surface area (TPSA) is 111 Å². The molecule has 2 aliphatic rings. The molecule has 0 saturated heterocycles. The molecule has 8 heteroatoms. The Kier molecular flexibility index (Phi) is 4.58. The van der Waals surface area contributed by atoms with E-state index in [0.717, 1.165) is 44.1 Å².